The van der Waals surface area contributed by atoms with Crippen LogP contribution in [0.15, 0.2) is 0 Å². The molecule has 1 aliphatic heterocycles. The molecule has 0 aliphatic carbocycles. The molecular weight excluding hydrogens is 188 g/mol. The molecule has 5 atom stereocenters. The van der Waals surface area contributed by atoms with Gasteiger partial charge in [-0.25, -0.2) is 0 Å². The Labute approximate surface area is 82.9 Å². The van der Waals surface area contributed by atoms with Gasteiger partial charge in [-0.15, -0.1) is 0 Å². The van der Waals surface area contributed by atoms with Crippen LogP contribution in [0.4, 0.5) is 0 Å². The minimum atomic E-state index is -1.24. The fourth-order valence-electron chi connectivity index (χ4n) is 1.70. The number of hydrogen-bond donors (Lipinski definition) is 4. The Hall–Kier alpha value is -0.200. The first-order valence-electron chi connectivity index (χ1n) is 4.92. The van der Waals surface area contributed by atoms with Crippen LogP contribution < -0.4 is 0 Å². The van der Waals surface area contributed by atoms with Crippen LogP contribution in [0.3, 0.4) is 0 Å². The summed E-state index contributed by atoms with van der Waals surface area (Å²) in [6.45, 7) is 1.58. The van der Waals surface area contributed by atoms with Crippen LogP contribution in [-0.2, 0) is 4.74 Å². The number of ether oxygens (including phenoxy) is 1. The highest BCUT2D eigenvalue weighted by molar-refractivity contribution is 4.91. The van der Waals surface area contributed by atoms with Crippen molar-refractivity contribution in [2.75, 3.05) is 6.61 Å². The van der Waals surface area contributed by atoms with Crippen molar-refractivity contribution in [3.8, 4) is 0 Å². The molecule has 0 bridgehead atoms. The molecule has 0 spiro atoms. The van der Waals surface area contributed by atoms with E-state index in [4.69, 9.17) is 9.84 Å². The van der Waals surface area contributed by atoms with Gasteiger partial charge in [0.2, 0.25) is 0 Å². The Kier molecular flexibility index (Phi) is 4.28. The van der Waals surface area contributed by atoms with Gasteiger partial charge in [0.1, 0.15) is 24.4 Å². The van der Waals surface area contributed by atoms with E-state index in [1.807, 2.05) is 6.92 Å². The fraction of sp³-hybridized carbons (Fsp3) is 1.00. The zero-order valence-electron chi connectivity index (χ0n) is 8.21. The summed E-state index contributed by atoms with van der Waals surface area (Å²) in [4.78, 5) is 0. The summed E-state index contributed by atoms with van der Waals surface area (Å²) in [5, 5.41) is 37.3. The summed E-state index contributed by atoms with van der Waals surface area (Å²) in [7, 11) is 0. The standard InChI is InChI=1S/C9H18O5/c1-2-3-5-7(11)9(13)8(12)6(4-10)14-5/h5-13H,2-4H2,1H3/t5-,6+,7-,8-,9+/m0/s1. The Balaban J connectivity index is 2.63. The van der Waals surface area contributed by atoms with Gasteiger partial charge in [-0.3, -0.25) is 0 Å². The van der Waals surface area contributed by atoms with E-state index in [1.54, 1.807) is 0 Å². The predicted molar refractivity (Wildman–Crippen MR) is 48.7 cm³/mol. The van der Waals surface area contributed by atoms with E-state index in [1.165, 1.54) is 0 Å². The average Bonchev–Trinajstić information content (AvgIpc) is 2.19. The quantitative estimate of drug-likeness (QED) is 0.457. The zero-order chi connectivity index (χ0) is 10.7. The van der Waals surface area contributed by atoms with Gasteiger partial charge in [0.15, 0.2) is 0 Å². The fourth-order valence-corrected chi connectivity index (χ4v) is 1.70. The first-order valence-corrected chi connectivity index (χ1v) is 4.92. The van der Waals surface area contributed by atoms with Crippen LogP contribution in [0.2, 0.25) is 0 Å². The number of hydrogen-bond acceptors (Lipinski definition) is 5. The summed E-state index contributed by atoms with van der Waals surface area (Å²) >= 11 is 0. The van der Waals surface area contributed by atoms with Gasteiger partial charge in [-0.05, 0) is 6.42 Å². The zero-order valence-corrected chi connectivity index (χ0v) is 8.21. The Morgan fingerprint density at radius 2 is 1.57 bits per heavy atom. The molecule has 5 nitrogen and oxygen atoms in total. The molecule has 4 N–H and O–H groups in total. The highest BCUT2D eigenvalue weighted by Crippen LogP contribution is 2.23. The van der Waals surface area contributed by atoms with Gasteiger partial charge in [-0.1, -0.05) is 13.3 Å². The van der Waals surface area contributed by atoms with E-state index >= 15 is 0 Å². The maximum atomic E-state index is 9.54. The first-order chi connectivity index (χ1) is 6.61. The lowest BCUT2D eigenvalue weighted by atomic mass is 9.93. The van der Waals surface area contributed by atoms with Crippen LogP contribution in [0.5, 0.6) is 0 Å². The maximum Gasteiger partial charge on any atom is 0.111 e. The molecular formula is C9H18O5. The van der Waals surface area contributed by atoms with E-state index < -0.39 is 30.5 Å². The molecule has 0 amide bonds. The predicted octanol–water partition coefficient (Wildman–Crippen LogP) is -1.37. The summed E-state index contributed by atoms with van der Waals surface area (Å²) in [6, 6.07) is 0. The maximum absolute atomic E-state index is 9.54. The van der Waals surface area contributed by atoms with E-state index in [0.717, 1.165) is 6.42 Å². The highest BCUT2D eigenvalue weighted by Gasteiger charge is 2.42. The summed E-state index contributed by atoms with van der Waals surface area (Å²) in [5.41, 5.74) is 0. The van der Waals surface area contributed by atoms with Crippen molar-refractivity contribution in [2.24, 2.45) is 0 Å². The van der Waals surface area contributed by atoms with Crippen molar-refractivity contribution in [3.05, 3.63) is 0 Å². The third-order valence-electron chi connectivity index (χ3n) is 2.56. The molecule has 1 aliphatic rings. The van der Waals surface area contributed by atoms with Gasteiger partial charge >= 0.3 is 0 Å². The second-order valence-corrected chi connectivity index (χ2v) is 3.66. The second-order valence-electron chi connectivity index (χ2n) is 3.66. The van der Waals surface area contributed by atoms with Gasteiger partial charge in [0.05, 0.1) is 12.7 Å². The molecule has 5 heteroatoms. The lowest BCUT2D eigenvalue weighted by molar-refractivity contribution is -0.230. The van der Waals surface area contributed by atoms with Crippen molar-refractivity contribution in [1.82, 2.24) is 0 Å². The van der Waals surface area contributed by atoms with Gasteiger partial charge in [0.25, 0.3) is 0 Å². The van der Waals surface area contributed by atoms with Crippen molar-refractivity contribution >= 4 is 0 Å². The van der Waals surface area contributed by atoms with Gasteiger partial charge in [0, 0.05) is 0 Å². The summed E-state index contributed by atoms with van der Waals surface area (Å²) in [6.07, 6.45) is -3.43. The van der Waals surface area contributed by atoms with Crippen molar-refractivity contribution in [3.63, 3.8) is 0 Å². The number of aliphatic hydroxyl groups is 4. The molecule has 0 aromatic rings. The molecule has 0 saturated carbocycles. The molecule has 0 aromatic heterocycles. The Morgan fingerprint density at radius 1 is 1.00 bits per heavy atom. The molecule has 1 heterocycles. The molecule has 0 radical (unpaired) electrons. The second kappa shape index (κ2) is 5.04. The van der Waals surface area contributed by atoms with Gasteiger partial charge < -0.3 is 25.2 Å². The van der Waals surface area contributed by atoms with Crippen LogP contribution >= 0.6 is 0 Å². The molecule has 14 heavy (non-hydrogen) atoms. The molecule has 0 aromatic carbocycles. The van der Waals surface area contributed by atoms with E-state index in [0.29, 0.717) is 6.42 Å². The number of aliphatic hydroxyl groups excluding tert-OH is 4. The van der Waals surface area contributed by atoms with Gasteiger partial charge in [-0.2, -0.15) is 0 Å². The monoisotopic (exact) mass is 206 g/mol. The van der Waals surface area contributed by atoms with E-state index in [-0.39, 0.29) is 6.61 Å². The van der Waals surface area contributed by atoms with E-state index in [2.05, 4.69) is 0 Å². The minimum absolute atomic E-state index is 0.356. The SMILES string of the molecule is CCC[C@@H]1O[C@H](CO)[C@H](O)[C@H](O)[C@H]1O. The van der Waals surface area contributed by atoms with Crippen LogP contribution in [-0.4, -0.2) is 57.6 Å². The normalized spacial score (nSPS) is 43.9. The lowest BCUT2D eigenvalue weighted by Gasteiger charge is -2.40. The molecule has 1 rings (SSSR count). The smallest absolute Gasteiger partial charge is 0.111 e. The summed E-state index contributed by atoms with van der Waals surface area (Å²) in [5.74, 6) is 0. The van der Waals surface area contributed by atoms with Crippen molar-refractivity contribution in [1.29, 1.82) is 0 Å². The third kappa shape index (κ3) is 2.24. The molecule has 0 unspecified atom stereocenters. The molecule has 1 fully saturated rings. The van der Waals surface area contributed by atoms with Crippen molar-refractivity contribution in [2.45, 2.75) is 50.3 Å². The van der Waals surface area contributed by atoms with Crippen LogP contribution in [0, 0.1) is 0 Å². The summed E-state index contributed by atoms with van der Waals surface area (Å²) < 4.78 is 5.26. The first kappa shape index (κ1) is 11.9. The number of rotatable bonds is 3. The van der Waals surface area contributed by atoms with Crippen LogP contribution in [0.1, 0.15) is 19.8 Å². The molecule has 1 saturated heterocycles. The van der Waals surface area contributed by atoms with Crippen molar-refractivity contribution < 1.29 is 25.2 Å². The lowest BCUT2D eigenvalue weighted by Crippen LogP contribution is -2.58. The third-order valence-corrected chi connectivity index (χ3v) is 2.56. The largest absolute Gasteiger partial charge is 0.394 e. The van der Waals surface area contributed by atoms with E-state index in [9.17, 15) is 15.3 Å². The Bertz CT molecular complexity index is 171. The average molecular weight is 206 g/mol. The minimum Gasteiger partial charge on any atom is -0.394 e. The van der Waals surface area contributed by atoms with Crippen LogP contribution in [0.25, 0.3) is 0 Å². The Morgan fingerprint density at radius 3 is 2.07 bits per heavy atom. The topological polar surface area (TPSA) is 90.2 Å². The highest BCUT2D eigenvalue weighted by atomic mass is 16.5. The molecule has 84 valence electrons.